The van der Waals surface area contributed by atoms with Crippen LogP contribution in [0.5, 0.6) is 5.75 Å². The van der Waals surface area contributed by atoms with Gasteiger partial charge in [0, 0.05) is 11.1 Å². The molecule has 0 aliphatic heterocycles. The Balaban J connectivity index is 1.59. The van der Waals surface area contributed by atoms with Gasteiger partial charge in [-0.2, -0.15) is 0 Å². The Morgan fingerprint density at radius 1 is 1.35 bits per heavy atom. The number of amides is 2. The van der Waals surface area contributed by atoms with E-state index in [9.17, 15) is 4.79 Å². The lowest BCUT2D eigenvalue weighted by Gasteiger charge is -2.08. The van der Waals surface area contributed by atoms with Crippen molar-refractivity contribution in [3.8, 4) is 5.75 Å². The van der Waals surface area contributed by atoms with E-state index in [1.807, 2.05) is 0 Å². The number of hydrogen-bond acceptors (Lipinski definition) is 2. The Hall–Kier alpha value is -1.42. The molecule has 17 heavy (non-hydrogen) atoms. The quantitative estimate of drug-likeness (QED) is 0.792. The van der Waals surface area contributed by atoms with Crippen LogP contribution in [-0.2, 0) is 0 Å². The molecule has 0 aromatic heterocycles. The normalized spacial score (nSPS) is 14.2. The molecule has 0 bridgehead atoms. The predicted octanol–water partition coefficient (Wildman–Crippen LogP) is 2.18. The van der Waals surface area contributed by atoms with Gasteiger partial charge in [-0.3, -0.25) is 0 Å². The van der Waals surface area contributed by atoms with Gasteiger partial charge in [0.2, 0.25) is 0 Å². The zero-order chi connectivity index (χ0) is 12.1. The van der Waals surface area contributed by atoms with Gasteiger partial charge in [-0.1, -0.05) is 11.6 Å². The fourth-order valence-corrected chi connectivity index (χ4v) is 1.45. The first-order valence-corrected chi connectivity index (χ1v) is 6.04. The topological polar surface area (TPSA) is 50.4 Å². The summed E-state index contributed by atoms with van der Waals surface area (Å²) in [5.41, 5.74) is 0. The fraction of sp³-hybridized carbons (Fsp3) is 0.417. The number of nitrogens with one attached hydrogen (secondary N) is 2. The van der Waals surface area contributed by atoms with Gasteiger partial charge in [0.1, 0.15) is 12.4 Å². The monoisotopic (exact) mass is 254 g/mol. The molecule has 5 heteroatoms. The molecule has 1 aliphatic carbocycles. The zero-order valence-electron chi connectivity index (χ0n) is 9.41. The van der Waals surface area contributed by atoms with Crippen molar-refractivity contribution in [1.82, 2.24) is 10.6 Å². The average Bonchev–Trinajstić information content (AvgIpc) is 3.11. The van der Waals surface area contributed by atoms with Crippen LogP contribution in [0.15, 0.2) is 24.3 Å². The molecule has 0 radical (unpaired) electrons. The first kappa shape index (κ1) is 12.0. The number of carbonyl (C=O) groups excluding carboxylic acids is 1. The molecule has 2 N–H and O–H groups in total. The summed E-state index contributed by atoms with van der Waals surface area (Å²) in [5, 5.41) is 6.25. The summed E-state index contributed by atoms with van der Waals surface area (Å²) in [6, 6.07) is 7.40. The molecule has 1 aromatic carbocycles. The fourth-order valence-electron chi connectivity index (χ4n) is 1.33. The highest BCUT2D eigenvalue weighted by Gasteiger charge is 2.22. The van der Waals surface area contributed by atoms with Crippen molar-refractivity contribution in [2.75, 3.05) is 13.2 Å². The van der Waals surface area contributed by atoms with Crippen molar-refractivity contribution < 1.29 is 9.53 Å². The molecule has 0 spiro atoms. The van der Waals surface area contributed by atoms with E-state index in [4.69, 9.17) is 16.3 Å². The number of urea groups is 1. The van der Waals surface area contributed by atoms with Crippen molar-refractivity contribution >= 4 is 17.6 Å². The van der Waals surface area contributed by atoms with Crippen LogP contribution in [0.4, 0.5) is 4.79 Å². The molecule has 1 fully saturated rings. The molecular weight excluding hydrogens is 240 g/mol. The Morgan fingerprint density at radius 3 is 2.71 bits per heavy atom. The van der Waals surface area contributed by atoms with Crippen LogP contribution in [0.1, 0.15) is 12.8 Å². The third kappa shape index (κ3) is 4.53. The van der Waals surface area contributed by atoms with Crippen LogP contribution in [0.3, 0.4) is 0 Å². The molecule has 1 aliphatic rings. The second-order valence-corrected chi connectivity index (χ2v) is 4.41. The lowest BCUT2D eigenvalue weighted by atomic mass is 10.3. The third-order valence-corrected chi connectivity index (χ3v) is 2.63. The van der Waals surface area contributed by atoms with E-state index in [1.54, 1.807) is 24.3 Å². The van der Waals surface area contributed by atoms with E-state index >= 15 is 0 Å². The minimum atomic E-state index is -0.118. The standard InChI is InChI=1S/C12H15ClN2O2/c13-9-1-5-11(6-2-9)17-8-7-14-12(16)15-10-3-4-10/h1-2,5-6,10H,3-4,7-8H2,(H2,14,15,16). The Morgan fingerprint density at radius 2 is 2.06 bits per heavy atom. The molecule has 1 saturated carbocycles. The molecule has 0 heterocycles. The van der Waals surface area contributed by atoms with Crippen molar-refractivity contribution in [2.24, 2.45) is 0 Å². The van der Waals surface area contributed by atoms with E-state index in [2.05, 4.69) is 10.6 Å². The number of halogens is 1. The van der Waals surface area contributed by atoms with Crippen molar-refractivity contribution in [2.45, 2.75) is 18.9 Å². The minimum Gasteiger partial charge on any atom is -0.492 e. The zero-order valence-corrected chi connectivity index (χ0v) is 10.2. The van der Waals surface area contributed by atoms with Gasteiger partial charge in [-0.05, 0) is 37.1 Å². The van der Waals surface area contributed by atoms with Crippen LogP contribution in [0.2, 0.25) is 5.02 Å². The molecule has 2 amide bonds. The smallest absolute Gasteiger partial charge is 0.315 e. The van der Waals surface area contributed by atoms with Gasteiger partial charge in [0.05, 0.1) is 6.54 Å². The van der Waals surface area contributed by atoms with Gasteiger partial charge < -0.3 is 15.4 Å². The molecule has 0 atom stereocenters. The lowest BCUT2D eigenvalue weighted by Crippen LogP contribution is -2.38. The van der Waals surface area contributed by atoms with E-state index < -0.39 is 0 Å². The van der Waals surface area contributed by atoms with Gasteiger partial charge in [-0.25, -0.2) is 4.79 Å². The Bertz CT molecular complexity index is 377. The lowest BCUT2D eigenvalue weighted by molar-refractivity contribution is 0.236. The number of hydrogen-bond donors (Lipinski definition) is 2. The SMILES string of the molecule is O=C(NCCOc1ccc(Cl)cc1)NC1CC1. The van der Waals surface area contributed by atoms with Crippen molar-refractivity contribution in [3.05, 3.63) is 29.3 Å². The number of benzene rings is 1. The van der Waals surface area contributed by atoms with E-state index in [1.165, 1.54) is 0 Å². The molecular formula is C12H15ClN2O2. The molecule has 4 nitrogen and oxygen atoms in total. The summed E-state index contributed by atoms with van der Waals surface area (Å²) in [6.07, 6.45) is 2.18. The third-order valence-electron chi connectivity index (χ3n) is 2.38. The Labute approximate surface area is 105 Å². The van der Waals surface area contributed by atoms with Crippen LogP contribution in [-0.4, -0.2) is 25.2 Å². The molecule has 0 unspecified atom stereocenters. The van der Waals surface area contributed by atoms with Crippen LogP contribution in [0, 0.1) is 0 Å². The highest BCUT2D eigenvalue weighted by molar-refractivity contribution is 6.30. The summed E-state index contributed by atoms with van der Waals surface area (Å²) < 4.78 is 5.43. The summed E-state index contributed by atoms with van der Waals surface area (Å²) >= 11 is 5.75. The minimum absolute atomic E-state index is 0.118. The maximum absolute atomic E-state index is 11.3. The first-order valence-electron chi connectivity index (χ1n) is 5.67. The van der Waals surface area contributed by atoms with E-state index in [-0.39, 0.29) is 6.03 Å². The first-order chi connectivity index (χ1) is 8.24. The highest BCUT2D eigenvalue weighted by atomic mass is 35.5. The maximum Gasteiger partial charge on any atom is 0.315 e. The summed E-state index contributed by atoms with van der Waals surface area (Å²) in [7, 11) is 0. The number of carbonyl (C=O) groups is 1. The summed E-state index contributed by atoms with van der Waals surface area (Å²) in [6.45, 7) is 0.931. The second-order valence-electron chi connectivity index (χ2n) is 3.98. The van der Waals surface area contributed by atoms with Crippen molar-refractivity contribution in [1.29, 1.82) is 0 Å². The van der Waals surface area contributed by atoms with Gasteiger partial charge in [0.25, 0.3) is 0 Å². The largest absolute Gasteiger partial charge is 0.492 e. The summed E-state index contributed by atoms with van der Waals surface area (Å²) in [4.78, 5) is 11.3. The average molecular weight is 255 g/mol. The van der Waals surface area contributed by atoms with Crippen LogP contribution >= 0.6 is 11.6 Å². The molecule has 1 aromatic rings. The van der Waals surface area contributed by atoms with Gasteiger partial charge in [-0.15, -0.1) is 0 Å². The molecule has 92 valence electrons. The Kier molecular flexibility index (Phi) is 4.09. The van der Waals surface area contributed by atoms with Crippen LogP contribution in [0.25, 0.3) is 0 Å². The molecule has 0 saturated heterocycles. The predicted molar refractivity (Wildman–Crippen MR) is 66.5 cm³/mol. The highest BCUT2D eigenvalue weighted by Crippen LogP contribution is 2.18. The van der Waals surface area contributed by atoms with Crippen LogP contribution < -0.4 is 15.4 Å². The van der Waals surface area contributed by atoms with E-state index in [0.29, 0.717) is 24.2 Å². The maximum atomic E-state index is 11.3. The summed E-state index contributed by atoms with van der Waals surface area (Å²) in [5.74, 6) is 0.749. The van der Waals surface area contributed by atoms with Gasteiger partial charge >= 0.3 is 6.03 Å². The van der Waals surface area contributed by atoms with Crippen molar-refractivity contribution in [3.63, 3.8) is 0 Å². The second kappa shape index (κ2) is 5.77. The van der Waals surface area contributed by atoms with Gasteiger partial charge in [0.15, 0.2) is 0 Å². The van der Waals surface area contributed by atoms with E-state index in [0.717, 1.165) is 18.6 Å². The molecule has 2 rings (SSSR count). The number of ether oxygens (including phenoxy) is 1. The number of rotatable bonds is 5.